The first-order valence-electron chi connectivity index (χ1n) is 8.52. The molecule has 0 fully saturated rings. The summed E-state index contributed by atoms with van der Waals surface area (Å²) >= 11 is 0. The summed E-state index contributed by atoms with van der Waals surface area (Å²) in [5, 5.41) is 2.34. The molecular weight excluding hydrogens is 394 g/mol. The predicted molar refractivity (Wildman–Crippen MR) is 95.6 cm³/mol. The third-order valence-corrected chi connectivity index (χ3v) is 3.88. The molecule has 0 heterocycles. The topological polar surface area (TPSA) is 72.5 Å². The van der Waals surface area contributed by atoms with Gasteiger partial charge in [0.25, 0.3) is 5.91 Å². The van der Waals surface area contributed by atoms with Crippen molar-refractivity contribution in [3.63, 3.8) is 0 Å². The fourth-order valence-electron chi connectivity index (χ4n) is 2.29. The molecule has 0 saturated carbocycles. The first-order chi connectivity index (χ1) is 13.6. The maximum Gasteiger partial charge on any atom is 0.416 e. The number of ketones is 1. The van der Waals surface area contributed by atoms with Crippen molar-refractivity contribution in [1.29, 1.82) is 0 Å². The van der Waals surface area contributed by atoms with Gasteiger partial charge in [0.05, 0.1) is 12.0 Å². The zero-order valence-corrected chi connectivity index (χ0v) is 15.3. The number of carbonyl (C=O) groups is 3. The fraction of sp³-hybridized carbons (Fsp3) is 0.250. The summed E-state index contributed by atoms with van der Waals surface area (Å²) in [7, 11) is 0. The lowest BCUT2D eigenvalue weighted by Crippen LogP contribution is -2.30. The van der Waals surface area contributed by atoms with Crippen LogP contribution in [0.3, 0.4) is 0 Å². The minimum Gasteiger partial charge on any atom is -0.453 e. The van der Waals surface area contributed by atoms with Crippen LogP contribution < -0.4 is 5.32 Å². The van der Waals surface area contributed by atoms with E-state index in [1.165, 1.54) is 19.1 Å². The largest absolute Gasteiger partial charge is 0.453 e. The van der Waals surface area contributed by atoms with E-state index in [2.05, 4.69) is 5.32 Å². The Morgan fingerprint density at radius 2 is 1.55 bits per heavy atom. The third-order valence-electron chi connectivity index (χ3n) is 3.88. The highest BCUT2D eigenvalue weighted by Crippen LogP contribution is 2.29. The molecule has 5 nitrogen and oxygen atoms in total. The van der Waals surface area contributed by atoms with Crippen LogP contribution in [-0.4, -0.2) is 23.8 Å². The van der Waals surface area contributed by atoms with Crippen LogP contribution in [0.5, 0.6) is 0 Å². The van der Waals surface area contributed by atoms with Gasteiger partial charge in [0, 0.05) is 17.7 Å². The number of rotatable bonds is 7. The molecule has 29 heavy (non-hydrogen) atoms. The van der Waals surface area contributed by atoms with E-state index in [0.717, 1.165) is 36.4 Å². The monoisotopic (exact) mass is 411 g/mol. The molecule has 154 valence electrons. The van der Waals surface area contributed by atoms with Crippen molar-refractivity contribution >= 4 is 23.3 Å². The Hall–Kier alpha value is -3.23. The standard InChI is InChI=1S/C20H17F4NO4/c1-12(19(28)25-16-8-4-14(5-9-16)20(22,23)24)29-18(27)11-10-17(26)13-2-6-15(21)7-3-13/h2-9,12H,10-11H2,1H3,(H,25,28)/t12-/m1/s1. The second kappa shape index (κ2) is 9.31. The van der Waals surface area contributed by atoms with E-state index in [1.807, 2.05) is 0 Å². The maximum absolute atomic E-state index is 12.8. The Kier molecular flexibility index (Phi) is 7.08. The van der Waals surface area contributed by atoms with Gasteiger partial charge in [0.15, 0.2) is 11.9 Å². The number of hydrogen-bond donors (Lipinski definition) is 1. The first kappa shape index (κ1) is 22.1. The maximum atomic E-state index is 12.8. The number of esters is 1. The highest BCUT2D eigenvalue weighted by Gasteiger charge is 2.30. The Morgan fingerprint density at radius 3 is 2.10 bits per heavy atom. The van der Waals surface area contributed by atoms with Crippen molar-refractivity contribution in [2.45, 2.75) is 32.0 Å². The highest BCUT2D eigenvalue weighted by molar-refractivity contribution is 5.98. The van der Waals surface area contributed by atoms with Crippen molar-refractivity contribution in [3.8, 4) is 0 Å². The molecule has 0 aliphatic carbocycles. The van der Waals surface area contributed by atoms with Gasteiger partial charge in [-0.15, -0.1) is 0 Å². The van der Waals surface area contributed by atoms with Crippen LogP contribution in [0.15, 0.2) is 48.5 Å². The van der Waals surface area contributed by atoms with Crippen LogP contribution in [0.4, 0.5) is 23.2 Å². The molecule has 0 spiro atoms. The molecule has 0 aromatic heterocycles. The summed E-state index contributed by atoms with van der Waals surface area (Å²) in [4.78, 5) is 35.8. The molecule has 0 radical (unpaired) electrons. The molecule has 2 rings (SSSR count). The van der Waals surface area contributed by atoms with E-state index in [4.69, 9.17) is 4.74 Å². The number of anilines is 1. The molecular formula is C20H17F4NO4. The summed E-state index contributed by atoms with van der Waals surface area (Å²) in [5.74, 6) is -2.41. The van der Waals surface area contributed by atoms with Crippen LogP contribution in [0, 0.1) is 5.82 Å². The minimum absolute atomic E-state index is 0.109. The molecule has 0 aliphatic rings. The van der Waals surface area contributed by atoms with Crippen molar-refractivity contribution in [3.05, 3.63) is 65.5 Å². The van der Waals surface area contributed by atoms with Gasteiger partial charge < -0.3 is 10.1 Å². The number of halogens is 4. The second-order valence-corrected chi connectivity index (χ2v) is 6.13. The first-order valence-corrected chi connectivity index (χ1v) is 8.52. The van der Waals surface area contributed by atoms with Crippen LogP contribution in [0.2, 0.25) is 0 Å². The van der Waals surface area contributed by atoms with Gasteiger partial charge in [0.1, 0.15) is 5.82 Å². The van der Waals surface area contributed by atoms with Gasteiger partial charge in [-0.25, -0.2) is 4.39 Å². The van der Waals surface area contributed by atoms with Crippen molar-refractivity contribution in [2.75, 3.05) is 5.32 Å². The van der Waals surface area contributed by atoms with E-state index in [-0.39, 0.29) is 29.9 Å². The number of hydrogen-bond acceptors (Lipinski definition) is 4. The third kappa shape index (κ3) is 6.70. The Morgan fingerprint density at radius 1 is 0.966 bits per heavy atom. The number of alkyl halides is 3. The Balaban J connectivity index is 1.81. The SMILES string of the molecule is C[C@@H](OC(=O)CCC(=O)c1ccc(F)cc1)C(=O)Nc1ccc(C(F)(F)F)cc1. The molecule has 1 amide bonds. The van der Waals surface area contributed by atoms with E-state index >= 15 is 0 Å². The van der Waals surface area contributed by atoms with Crippen molar-refractivity contribution < 1.29 is 36.7 Å². The summed E-state index contributed by atoms with van der Waals surface area (Å²) < 4.78 is 55.3. The summed E-state index contributed by atoms with van der Waals surface area (Å²) in [5.41, 5.74) is -0.509. The normalized spacial score (nSPS) is 12.2. The Bertz CT molecular complexity index is 877. The number of Topliss-reactive ketones (excluding diaryl/α,β-unsaturated/α-hetero) is 1. The number of benzene rings is 2. The van der Waals surface area contributed by atoms with Crippen molar-refractivity contribution in [2.24, 2.45) is 0 Å². The molecule has 0 bridgehead atoms. The van der Waals surface area contributed by atoms with E-state index < -0.39 is 35.5 Å². The van der Waals surface area contributed by atoms with Crippen LogP contribution >= 0.6 is 0 Å². The van der Waals surface area contributed by atoms with Crippen LogP contribution in [-0.2, 0) is 20.5 Å². The van der Waals surface area contributed by atoms with E-state index in [1.54, 1.807) is 0 Å². The van der Waals surface area contributed by atoms with Crippen LogP contribution in [0.25, 0.3) is 0 Å². The smallest absolute Gasteiger partial charge is 0.416 e. The zero-order chi connectivity index (χ0) is 21.6. The van der Waals surface area contributed by atoms with Gasteiger partial charge in [-0.2, -0.15) is 13.2 Å². The number of amides is 1. The lowest BCUT2D eigenvalue weighted by molar-refractivity contribution is -0.153. The van der Waals surface area contributed by atoms with E-state index in [9.17, 15) is 31.9 Å². The lowest BCUT2D eigenvalue weighted by Gasteiger charge is -2.14. The number of ether oxygens (including phenoxy) is 1. The molecule has 0 unspecified atom stereocenters. The number of nitrogens with one attached hydrogen (secondary N) is 1. The predicted octanol–water partition coefficient (Wildman–Crippen LogP) is 4.38. The summed E-state index contributed by atoms with van der Waals surface area (Å²) in [6, 6.07) is 8.62. The summed E-state index contributed by atoms with van der Waals surface area (Å²) in [6.45, 7) is 1.29. The lowest BCUT2D eigenvalue weighted by atomic mass is 10.1. The van der Waals surface area contributed by atoms with Gasteiger partial charge in [-0.3, -0.25) is 14.4 Å². The molecule has 1 N–H and O–H groups in total. The van der Waals surface area contributed by atoms with Gasteiger partial charge in [-0.1, -0.05) is 0 Å². The number of carbonyl (C=O) groups excluding carboxylic acids is 3. The minimum atomic E-state index is -4.49. The average molecular weight is 411 g/mol. The molecule has 2 aromatic rings. The Labute approximate surface area is 163 Å². The molecule has 1 atom stereocenters. The van der Waals surface area contributed by atoms with Crippen LogP contribution in [0.1, 0.15) is 35.7 Å². The average Bonchev–Trinajstić information content (AvgIpc) is 2.66. The zero-order valence-electron chi connectivity index (χ0n) is 15.3. The second-order valence-electron chi connectivity index (χ2n) is 6.13. The molecule has 9 heteroatoms. The van der Waals surface area contributed by atoms with Gasteiger partial charge in [-0.05, 0) is 55.5 Å². The highest BCUT2D eigenvalue weighted by atomic mass is 19.4. The molecule has 0 aliphatic heterocycles. The quantitative estimate of drug-likeness (QED) is 0.417. The van der Waals surface area contributed by atoms with Gasteiger partial charge in [0.2, 0.25) is 0 Å². The molecule has 0 saturated heterocycles. The van der Waals surface area contributed by atoms with Gasteiger partial charge >= 0.3 is 12.1 Å². The summed E-state index contributed by atoms with van der Waals surface area (Å²) in [6.07, 6.45) is -6.17. The van der Waals surface area contributed by atoms with E-state index in [0.29, 0.717) is 0 Å². The fourth-order valence-corrected chi connectivity index (χ4v) is 2.29. The molecule has 2 aromatic carbocycles. The van der Waals surface area contributed by atoms with Crippen molar-refractivity contribution in [1.82, 2.24) is 0 Å².